The predicted octanol–water partition coefficient (Wildman–Crippen LogP) is 5.30. The van der Waals surface area contributed by atoms with Gasteiger partial charge < -0.3 is 19.9 Å². The largest absolute Gasteiger partial charge is 0.417 e. The first-order valence-electron chi connectivity index (χ1n) is 10.3. The van der Waals surface area contributed by atoms with Gasteiger partial charge in [0.15, 0.2) is 5.82 Å². The van der Waals surface area contributed by atoms with Crippen molar-refractivity contribution in [1.82, 2.24) is 19.7 Å². The molecule has 1 saturated heterocycles. The summed E-state index contributed by atoms with van der Waals surface area (Å²) < 4.78 is 41.4. The average Bonchev–Trinajstić information content (AvgIpc) is 3.32. The van der Waals surface area contributed by atoms with Crippen molar-refractivity contribution in [2.45, 2.75) is 38.2 Å². The summed E-state index contributed by atoms with van der Waals surface area (Å²) in [4.78, 5) is 14.4. The third-order valence-corrected chi connectivity index (χ3v) is 6.16. The molecule has 3 aromatic rings. The van der Waals surface area contributed by atoms with E-state index in [0.717, 1.165) is 17.7 Å². The van der Waals surface area contributed by atoms with Crippen LogP contribution in [0.1, 0.15) is 35.2 Å². The number of amides is 2. The molecule has 2 atom stereocenters. The first-order chi connectivity index (χ1) is 16.0. The van der Waals surface area contributed by atoms with Gasteiger partial charge in [-0.15, -0.1) is 10.2 Å². The van der Waals surface area contributed by atoms with E-state index in [4.69, 9.17) is 23.2 Å². The third kappa shape index (κ3) is 5.13. The quantitative estimate of drug-likeness (QED) is 0.495. The number of aliphatic hydroxyl groups excluding tert-OH is 1. The fourth-order valence-electron chi connectivity index (χ4n) is 3.91. The standard InChI is InChI=1S/C22H20Cl2F3N5O2/c1-12-29-30-20(31(12)10-13-2-4-14(23)5-3-13)19-9-16(33)11-32(19)21(34)28-15-6-7-18(24)17(8-15)22(25,26)27/h2-8,16,19,33H,9-11H2,1H3,(H,28,34). The molecule has 0 aliphatic carbocycles. The molecule has 180 valence electrons. The van der Waals surface area contributed by atoms with E-state index in [0.29, 0.717) is 23.2 Å². The molecule has 2 aromatic carbocycles. The summed E-state index contributed by atoms with van der Waals surface area (Å²) in [5.41, 5.74) is -0.187. The van der Waals surface area contributed by atoms with E-state index in [1.807, 2.05) is 16.7 Å². The van der Waals surface area contributed by atoms with Gasteiger partial charge in [0.2, 0.25) is 0 Å². The van der Waals surface area contributed by atoms with E-state index in [-0.39, 0.29) is 18.7 Å². The maximum atomic E-state index is 13.2. The second-order valence-corrected chi connectivity index (χ2v) is 8.84. The van der Waals surface area contributed by atoms with Crippen LogP contribution in [0.25, 0.3) is 0 Å². The Morgan fingerprint density at radius 3 is 2.56 bits per heavy atom. The zero-order valence-corrected chi connectivity index (χ0v) is 19.4. The number of likely N-dealkylation sites (tertiary alicyclic amines) is 1. The molecule has 4 rings (SSSR count). The molecule has 1 fully saturated rings. The number of nitrogens with zero attached hydrogens (tertiary/aromatic N) is 4. The molecule has 0 spiro atoms. The fraction of sp³-hybridized carbons (Fsp3) is 0.318. The number of halogens is 5. The highest BCUT2D eigenvalue weighted by atomic mass is 35.5. The van der Waals surface area contributed by atoms with Crippen molar-refractivity contribution in [3.05, 3.63) is 75.3 Å². The third-order valence-electron chi connectivity index (χ3n) is 5.58. The average molecular weight is 514 g/mol. The number of nitrogens with one attached hydrogen (secondary N) is 1. The lowest BCUT2D eigenvalue weighted by Gasteiger charge is -2.25. The second-order valence-electron chi connectivity index (χ2n) is 8.00. The van der Waals surface area contributed by atoms with Gasteiger partial charge >= 0.3 is 12.2 Å². The molecule has 1 aliphatic rings. The molecule has 1 aliphatic heterocycles. The van der Waals surface area contributed by atoms with Gasteiger partial charge in [0.05, 0.1) is 29.3 Å². The smallest absolute Gasteiger partial charge is 0.391 e. The van der Waals surface area contributed by atoms with Crippen LogP contribution in [-0.2, 0) is 12.7 Å². The van der Waals surface area contributed by atoms with Gasteiger partial charge in [-0.25, -0.2) is 4.79 Å². The highest BCUT2D eigenvalue weighted by Crippen LogP contribution is 2.37. The van der Waals surface area contributed by atoms with E-state index in [9.17, 15) is 23.1 Å². The number of aromatic nitrogens is 3. The van der Waals surface area contributed by atoms with E-state index in [2.05, 4.69) is 15.5 Å². The molecule has 2 N–H and O–H groups in total. The van der Waals surface area contributed by atoms with Gasteiger partial charge in [-0.05, 0) is 42.8 Å². The summed E-state index contributed by atoms with van der Waals surface area (Å²) in [6.07, 6.45) is -5.28. The molecule has 34 heavy (non-hydrogen) atoms. The first-order valence-corrected chi connectivity index (χ1v) is 11.0. The zero-order chi connectivity index (χ0) is 24.6. The SMILES string of the molecule is Cc1nnc(C2CC(O)CN2C(=O)Nc2ccc(Cl)c(C(F)(F)F)c2)n1Cc1ccc(Cl)cc1. The summed E-state index contributed by atoms with van der Waals surface area (Å²) in [6.45, 7) is 2.18. The second kappa shape index (κ2) is 9.44. The maximum absolute atomic E-state index is 13.2. The number of alkyl halides is 3. The van der Waals surface area contributed by atoms with Crippen molar-refractivity contribution >= 4 is 34.9 Å². The van der Waals surface area contributed by atoms with Crippen LogP contribution in [0.5, 0.6) is 0 Å². The van der Waals surface area contributed by atoms with Crippen molar-refractivity contribution in [3.8, 4) is 0 Å². The summed E-state index contributed by atoms with van der Waals surface area (Å²) >= 11 is 11.6. The molecular weight excluding hydrogens is 494 g/mol. The number of urea groups is 1. The van der Waals surface area contributed by atoms with Gasteiger partial charge in [0.25, 0.3) is 0 Å². The van der Waals surface area contributed by atoms with E-state index >= 15 is 0 Å². The maximum Gasteiger partial charge on any atom is 0.417 e. The predicted molar refractivity (Wildman–Crippen MR) is 121 cm³/mol. The lowest BCUT2D eigenvalue weighted by atomic mass is 10.1. The van der Waals surface area contributed by atoms with E-state index in [1.54, 1.807) is 19.1 Å². The van der Waals surface area contributed by atoms with Crippen molar-refractivity contribution in [2.24, 2.45) is 0 Å². The number of carbonyl (C=O) groups is 1. The molecule has 7 nitrogen and oxygen atoms in total. The molecule has 2 heterocycles. The number of benzene rings is 2. The minimum Gasteiger partial charge on any atom is -0.391 e. The number of aliphatic hydroxyl groups is 1. The Hall–Kier alpha value is -2.82. The van der Waals surface area contributed by atoms with Gasteiger partial charge in [0, 0.05) is 23.7 Å². The lowest BCUT2D eigenvalue weighted by Crippen LogP contribution is -2.36. The zero-order valence-electron chi connectivity index (χ0n) is 17.9. The number of rotatable bonds is 4. The summed E-state index contributed by atoms with van der Waals surface area (Å²) in [6, 6.07) is 9.07. The Bertz CT molecular complexity index is 1200. The summed E-state index contributed by atoms with van der Waals surface area (Å²) in [5.74, 6) is 1.07. The Kier molecular flexibility index (Phi) is 6.75. The monoisotopic (exact) mass is 513 g/mol. The number of anilines is 1. The highest BCUT2D eigenvalue weighted by molar-refractivity contribution is 6.31. The van der Waals surface area contributed by atoms with Crippen molar-refractivity contribution in [1.29, 1.82) is 0 Å². The number of hydrogen-bond donors (Lipinski definition) is 2. The summed E-state index contributed by atoms with van der Waals surface area (Å²) in [7, 11) is 0. The van der Waals surface area contributed by atoms with Crippen LogP contribution in [0.15, 0.2) is 42.5 Å². The molecule has 0 bridgehead atoms. The van der Waals surface area contributed by atoms with Crippen LogP contribution in [0.3, 0.4) is 0 Å². The summed E-state index contributed by atoms with van der Waals surface area (Å²) in [5, 5.41) is 21.3. The minimum atomic E-state index is -4.67. The molecule has 0 radical (unpaired) electrons. The first kappa shape index (κ1) is 24.3. The van der Waals surface area contributed by atoms with Gasteiger partial charge in [-0.2, -0.15) is 13.2 Å². The van der Waals surface area contributed by atoms with E-state index < -0.39 is 34.9 Å². The topological polar surface area (TPSA) is 83.3 Å². The Morgan fingerprint density at radius 1 is 1.18 bits per heavy atom. The number of hydrogen-bond acceptors (Lipinski definition) is 4. The Morgan fingerprint density at radius 2 is 1.88 bits per heavy atom. The molecule has 0 saturated carbocycles. The van der Waals surface area contributed by atoms with Gasteiger partial charge in [0.1, 0.15) is 5.82 Å². The van der Waals surface area contributed by atoms with Crippen molar-refractivity contribution in [3.63, 3.8) is 0 Å². The highest BCUT2D eigenvalue weighted by Gasteiger charge is 2.39. The Labute approximate surface area is 203 Å². The van der Waals surface area contributed by atoms with E-state index in [1.165, 1.54) is 11.0 Å². The molecule has 2 amide bonds. The minimum absolute atomic E-state index is 0.0108. The van der Waals surface area contributed by atoms with Gasteiger partial charge in [-0.1, -0.05) is 35.3 Å². The van der Waals surface area contributed by atoms with Crippen LogP contribution in [-0.4, -0.2) is 43.5 Å². The van der Waals surface area contributed by atoms with Crippen LogP contribution in [0.4, 0.5) is 23.7 Å². The molecule has 12 heteroatoms. The van der Waals surface area contributed by atoms with Crippen LogP contribution >= 0.6 is 23.2 Å². The lowest BCUT2D eigenvalue weighted by molar-refractivity contribution is -0.137. The fourth-order valence-corrected chi connectivity index (χ4v) is 4.26. The normalized spacial score (nSPS) is 18.4. The molecular formula is C22H20Cl2F3N5O2. The van der Waals surface area contributed by atoms with Crippen molar-refractivity contribution < 1.29 is 23.1 Å². The van der Waals surface area contributed by atoms with Crippen molar-refractivity contribution in [2.75, 3.05) is 11.9 Å². The Balaban J connectivity index is 1.58. The van der Waals surface area contributed by atoms with Crippen LogP contribution < -0.4 is 5.32 Å². The number of aryl methyl sites for hydroxylation is 1. The number of carbonyl (C=O) groups excluding carboxylic acids is 1. The van der Waals surface area contributed by atoms with Gasteiger partial charge in [-0.3, -0.25) is 0 Å². The molecule has 2 unspecified atom stereocenters. The van der Waals surface area contributed by atoms with Crippen LogP contribution in [0, 0.1) is 6.92 Å². The molecule has 1 aromatic heterocycles. The van der Waals surface area contributed by atoms with Crippen LogP contribution in [0.2, 0.25) is 10.0 Å². The number of β-amino-alcohol motifs (C(OH)–C–C–N with tert-alkyl or cyclic N) is 1.